The average Bonchev–Trinajstić information content (AvgIpc) is 1.83. The number of aliphatic hydroxyl groups is 1. The summed E-state index contributed by atoms with van der Waals surface area (Å²) < 4.78 is 25.5. The minimum absolute atomic E-state index is 0.0186. The maximum atomic E-state index is 10.7. The Hall–Kier alpha value is -0.570. The molecular formula is C6H10O3. The van der Waals surface area contributed by atoms with Gasteiger partial charge < -0.3 is 9.84 Å². The number of cyclic esters (lactones) is 1. The number of hydrogen-bond donors (Lipinski definition) is 1. The third-order valence-electron chi connectivity index (χ3n) is 1.22. The molecule has 0 bridgehead atoms. The molecule has 0 aromatic carbocycles. The Bertz CT molecular complexity index is 201. The van der Waals surface area contributed by atoms with Crippen molar-refractivity contribution in [2.24, 2.45) is 0 Å². The highest BCUT2D eigenvalue weighted by molar-refractivity contribution is 5.71. The van der Waals surface area contributed by atoms with E-state index in [0.717, 1.165) is 0 Å². The largest absolute Gasteiger partial charge is 0.465 e. The zero-order valence-corrected chi connectivity index (χ0v) is 4.89. The van der Waals surface area contributed by atoms with E-state index in [9.17, 15) is 9.90 Å². The molecule has 1 N–H and O–H groups in total. The number of carbonyl (C=O) groups excluding carboxylic acids is 1. The standard InChI is InChI=1S/C6H10O3/c1-6(8)2-3-9-5(7)4-6/h8H,2-4H2,1H3/i1D3,5+1. The van der Waals surface area contributed by atoms with Gasteiger partial charge in [-0.25, -0.2) is 0 Å². The number of rotatable bonds is 0. The van der Waals surface area contributed by atoms with Crippen LogP contribution in [0.3, 0.4) is 0 Å². The molecule has 0 radical (unpaired) electrons. The van der Waals surface area contributed by atoms with Crippen LogP contribution in [-0.4, -0.2) is 23.3 Å². The maximum absolute atomic E-state index is 10.7. The van der Waals surface area contributed by atoms with Crippen molar-refractivity contribution in [2.45, 2.75) is 25.3 Å². The molecule has 3 heteroatoms. The second-order valence-corrected chi connectivity index (χ2v) is 2.18. The fourth-order valence-electron chi connectivity index (χ4n) is 0.712. The van der Waals surface area contributed by atoms with E-state index < -0.39 is 24.8 Å². The molecule has 0 amide bonds. The van der Waals surface area contributed by atoms with Crippen molar-refractivity contribution in [2.75, 3.05) is 6.61 Å². The minimum atomic E-state index is -2.51. The first-order chi connectivity index (χ1) is 5.35. The van der Waals surface area contributed by atoms with Gasteiger partial charge in [0.15, 0.2) is 0 Å². The third kappa shape index (κ3) is 1.68. The smallest absolute Gasteiger partial charge is 0.308 e. The first-order valence-electron chi connectivity index (χ1n) is 4.23. The van der Waals surface area contributed by atoms with Gasteiger partial charge in [0.1, 0.15) is 0 Å². The second kappa shape index (κ2) is 1.99. The summed E-state index contributed by atoms with van der Waals surface area (Å²) in [5, 5.41) is 9.51. The van der Waals surface area contributed by atoms with Crippen LogP contribution in [0.2, 0.25) is 0 Å². The Morgan fingerprint density at radius 3 is 3.22 bits per heavy atom. The molecule has 0 spiro atoms. The van der Waals surface area contributed by atoms with Gasteiger partial charge in [-0.2, -0.15) is 0 Å². The Morgan fingerprint density at radius 1 is 2.00 bits per heavy atom. The van der Waals surface area contributed by atoms with Crippen LogP contribution in [0.1, 0.15) is 23.8 Å². The topological polar surface area (TPSA) is 46.5 Å². The summed E-state index contributed by atoms with van der Waals surface area (Å²) in [7, 11) is 0. The summed E-state index contributed by atoms with van der Waals surface area (Å²) >= 11 is 0. The van der Waals surface area contributed by atoms with Crippen molar-refractivity contribution in [1.29, 1.82) is 0 Å². The van der Waals surface area contributed by atoms with Gasteiger partial charge in [0.05, 0.1) is 18.6 Å². The molecule has 1 heterocycles. The summed E-state index contributed by atoms with van der Waals surface area (Å²) in [6, 6.07) is 0. The van der Waals surface area contributed by atoms with Crippen molar-refractivity contribution in [1.82, 2.24) is 0 Å². The molecule has 1 unspecified atom stereocenters. The van der Waals surface area contributed by atoms with Crippen molar-refractivity contribution >= 4 is 5.97 Å². The van der Waals surface area contributed by atoms with Crippen LogP contribution < -0.4 is 0 Å². The molecule has 1 rings (SSSR count). The molecule has 1 aliphatic heterocycles. The third-order valence-corrected chi connectivity index (χ3v) is 1.22. The van der Waals surface area contributed by atoms with Gasteiger partial charge in [0.25, 0.3) is 0 Å². The van der Waals surface area contributed by atoms with Gasteiger partial charge in [-0.1, -0.05) is 0 Å². The number of hydrogen-bond acceptors (Lipinski definition) is 3. The fourth-order valence-corrected chi connectivity index (χ4v) is 0.712. The zero-order chi connectivity index (χ0) is 9.41. The van der Waals surface area contributed by atoms with E-state index in [1.807, 2.05) is 0 Å². The summed E-state index contributed by atoms with van der Waals surface area (Å²) in [6.07, 6.45) is -0.460. The van der Waals surface area contributed by atoms with Crippen LogP contribution in [0.25, 0.3) is 0 Å². The van der Waals surface area contributed by atoms with E-state index in [2.05, 4.69) is 4.74 Å². The van der Waals surface area contributed by atoms with E-state index in [1.165, 1.54) is 0 Å². The molecule has 0 aliphatic carbocycles. The summed E-state index contributed by atoms with van der Waals surface area (Å²) in [5.41, 5.74) is -1.89. The highest BCUT2D eigenvalue weighted by Gasteiger charge is 2.29. The molecule has 3 nitrogen and oxygen atoms in total. The van der Waals surface area contributed by atoms with Crippen LogP contribution in [0, 0.1) is 0 Å². The lowest BCUT2D eigenvalue weighted by Gasteiger charge is -2.26. The molecule has 0 saturated carbocycles. The predicted molar refractivity (Wildman–Crippen MR) is 30.8 cm³/mol. The number of ether oxygens (including phenoxy) is 1. The van der Waals surface area contributed by atoms with E-state index in [1.54, 1.807) is 0 Å². The SMILES string of the molecule is [2H]C([2H])([2H])C1(O)CCO[13C](=O)C1. The van der Waals surface area contributed by atoms with Crippen LogP contribution in [0.15, 0.2) is 0 Å². The molecule has 9 heavy (non-hydrogen) atoms. The average molecular weight is 134 g/mol. The van der Waals surface area contributed by atoms with Gasteiger partial charge in [-0.15, -0.1) is 0 Å². The first kappa shape index (κ1) is 3.56. The normalized spacial score (nSPS) is 42.3. The second-order valence-electron chi connectivity index (χ2n) is 2.18. The van der Waals surface area contributed by atoms with Crippen LogP contribution >= 0.6 is 0 Å². The van der Waals surface area contributed by atoms with Crippen molar-refractivity contribution in [3.05, 3.63) is 0 Å². The maximum Gasteiger partial charge on any atom is 0.308 e. The minimum Gasteiger partial charge on any atom is -0.465 e. The van der Waals surface area contributed by atoms with Gasteiger partial charge >= 0.3 is 5.97 Å². The summed E-state index contributed by atoms with van der Waals surface area (Å²) in [5.74, 6) is -0.653. The molecule has 52 valence electrons. The van der Waals surface area contributed by atoms with Crippen LogP contribution in [-0.2, 0) is 9.53 Å². The Morgan fingerprint density at radius 2 is 2.78 bits per heavy atom. The number of carbonyl (C=O) groups is 1. The highest BCUT2D eigenvalue weighted by Crippen LogP contribution is 2.19. The lowest BCUT2D eigenvalue weighted by molar-refractivity contribution is -0.157. The quantitative estimate of drug-likeness (QED) is 0.377. The predicted octanol–water partition coefficient (Wildman–Crippen LogP) is 0.0744. The van der Waals surface area contributed by atoms with Gasteiger partial charge in [0, 0.05) is 10.5 Å². The van der Waals surface area contributed by atoms with E-state index >= 15 is 0 Å². The molecule has 1 atom stereocenters. The Kier molecular flexibility index (Phi) is 0.787. The van der Waals surface area contributed by atoms with Gasteiger partial charge in [-0.3, -0.25) is 4.79 Å². The first-order valence-corrected chi connectivity index (χ1v) is 2.73. The monoisotopic (exact) mass is 134 g/mol. The molecule has 0 aromatic heterocycles. The zero-order valence-electron chi connectivity index (χ0n) is 7.89. The van der Waals surface area contributed by atoms with Crippen molar-refractivity contribution in [3.63, 3.8) is 0 Å². The summed E-state index contributed by atoms with van der Waals surface area (Å²) in [6.45, 7) is -2.53. The summed E-state index contributed by atoms with van der Waals surface area (Å²) in [4.78, 5) is 10.7. The van der Waals surface area contributed by atoms with Gasteiger partial charge in [0.2, 0.25) is 0 Å². The van der Waals surface area contributed by atoms with E-state index in [0.29, 0.717) is 0 Å². The van der Waals surface area contributed by atoms with Crippen LogP contribution in [0.5, 0.6) is 0 Å². The van der Waals surface area contributed by atoms with Crippen LogP contribution in [0.4, 0.5) is 0 Å². The fraction of sp³-hybridized carbons (Fsp3) is 0.833. The molecule has 0 aromatic rings. The number of esters is 1. The van der Waals surface area contributed by atoms with Crippen molar-refractivity contribution < 1.29 is 18.8 Å². The van der Waals surface area contributed by atoms with E-state index in [4.69, 9.17) is 4.11 Å². The van der Waals surface area contributed by atoms with E-state index in [-0.39, 0.29) is 13.0 Å². The Balaban J connectivity index is 2.77. The highest BCUT2D eigenvalue weighted by atomic mass is 16.6. The molecule has 1 saturated heterocycles. The van der Waals surface area contributed by atoms with Gasteiger partial charge in [-0.05, 0) is 6.85 Å². The van der Waals surface area contributed by atoms with Crippen molar-refractivity contribution in [3.8, 4) is 0 Å². The lowest BCUT2D eigenvalue weighted by atomic mass is 10.0. The Labute approximate surface area is 57.8 Å². The lowest BCUT2D eigenvalue weighted by Crippen LogP contribution is -2.35. The molecule has 1 aliphatic rings. The molecular weight excluding hydrogens is 121 g/mol. The molecule has 1 fully saturated rings.